The van der Waals surface area contributed by atoms with Crippen LogP contribution in [0.3, 0.4) is 0 Å². The lowest BCUT2D eigenvalue weighted by Gasteiger charge is -2.31. The van der Waals surface area contributed by atoms with Crippen LogP contribution in [0.4, 0.5) is 0 Å². The van der Waals surface area contributed by atoms with Gasteiger partial charge in [0.05, 0.1) is 23.6 Å². The summed E-state index contributed by atoms with van der Waals surface area (Å²) in [6.45, 7) is 3.99. The Hall–Kier alpha value is -1.34. The summed E-state index contributed by atoms with van der Waals surface area (Å²) in [6, 6.07) is 9.82. The van der Waals surface area contributed by atoms with Crippen molar-refractivity contribution in [3.05, 3.63) is 35.9 Å². The molecule has 0 saturated carbocycles. The molecule has 1 amide bonds. The second kappa shape index (κ2) is 6.88. The van der Waals surface area contributed by atoms with Crippen LogP contribution in [0.5, 0.6) is 0 Å². The first-order valence-electron chi connectivity index (χ1n) is 8.23. The maximum atomic E-state index is 12.0. The summed E-state index contributed by atoms with van der Waals surface area (Å²) in [5.74, 6) is 0.178. The first kappa shape index (κ1) is 17.5. The number of thioether (sulfide) groups is 1. The molecule has 5 nitrogen and oxygen atoms in total. The van der Waals surface area contributed by atoms with E-state index in [4.69, 9.17) is 0 Å². The summed E-state index contributed by atoms with van der Waals surface area (Å²) >= 11 is 1.44. The Kier molecular flexibility index (Phi) is 5.01. The molecule has 7 heteroatoms. The zero-order chi connectivity index (χ0) is 17.3. The Morgan fingerprint density at radius 3 is 2.71 bits per heavy atom. The molecule has 3 atom stereocenters. The molecular formula is C17H22N2O3S2. The Bertz CT molecular complexity index is 746. The quantitative estimate of drug-likeness (QED) is 0.819. The molecule has 2 saturated heterocycles. The van der Waals surface area contributed by atoms with Crippen molar-refractivity contribution in [3.8, 4) is 0 Å². The minimum atomic E-state index is -3.02. The number of carbonyl (C=O) groups excluding carboxylic acids is 1. The second-order valence-corrected chi connectivity index (χ2v) is 9.69. The van der Waals surface area contributed by atoms with Crippen molar-refractivity contribution in [2.24, 2.45) is 4.99 Å². The highest BCUT2D eigenvalue weighted by Crippen LogP contribution is 2.42. The van der Waals surface area contributed by atoms with Crippen molar-refractivity contribution in [2.75, 3.05) is 11.5 Å². The lowest BCUT2D eigenvalue weighted by molar-refractivity contribution is -0.117. The predicted octanol–water partition coefficient (Wildman–Crippen LogP) is 2.64. The highest BCUT2D eigenvalue weighted by Gasteiger charge is 2.50. The molecule has 0 unspecified atom stereocenters. The number of benzene rings is 1. The van der Waals surface area contributed by atoms with Crippen molar-refractivity contribution < 1.29 is 13.2 Å². The highest BCUT2D eigenvalue weighted by molar-refractivity contribution is 8.15. The highest BCUT2D eigenvalue weighted by atomic mass is 32.2. The molecule has 0 N–H and O–H groups in total. The largest absolute Gasteiger partial charge is 0.339 e. The molecule has 0 aromatic heterocycles. The van der Waals surface area contributed by atoms with Crippen LogP contribution >= 0.6 is 11.8 Å². The van der Waals surface area contributed by atoms with Gasteiger partial charge in [-0.15, -0.1) is 0 Å². The van der Waals surface area contributed by atoms with Gasteiger partial charge in [0.15, 0.2) is 15.0 Å². The van der Waals surface area contributed by atoms with Gasteiger partial charge in [0, 0.05) is 11.7 Å². The SMILES string of the molecule is CCCC(=O)N=C1S[C@@H]2CS(=O)(=O)C[C@H]2N1[C@@H](C)c1ccccc1. The van der Waals surface area contributed by atoms with E-state index in [-0.39, 0.29) is 34.7 Å². The van der Waals surface area contributed by atoms with E-state index in [0.717, 1.165) is 12.0 Å². The zero-order valence-corrected chi connectivity index (χ0v) is 15.5. The van der Waals surface area contributed by atoms with E-state index in [1.165, 1.54) is 11.8 Å². The molecule has 2 aliphatic rings. The molecule has 1 aromatic rings. The molecule has 0 aliphatic carbocycles. The smallest absolute Gasteiger partial charge is 0.248 e. The van der Waals surface area contributed by atoms with E-state index in [1.54, 1.807) is 0 Å². The van der Waals surface area contributed by atoms with Crippen LogP contribution in [0.25, 0.3) is 0 Å². The van der Waals surface area contributed by atoms with Crippen LogP contribution < -0.4 is 0 Å². The van der Waals surface area contributed by atoms with Crippen LogP contribution in [-0.2, 0) is 14.6 Å². The van der Waals surface area contributed by atoms with E-state index in [0.29, 0.717) is 11.6 Å². The van der Waals surface area contributed by atoms with E-state index in [2.05, 4.69) is 4.99 Å². The first-order valence-corrected chi connectivity index (χ1v) is 10.9. The number of carbonyl (C=O) groups is 1. The molecule has 2 fully saturated rings. The van der Waals surface area contributed by atoms with Crippen LogP contribution in [-0.4, -0.2) is 47.2 Å². The fourth-order valence-corrected chi connectivity index (χ4v) is 7.33. The normalized spacial score (nSPS) is 28.1. The van der Waals surface area contributed by atoms with Crippen molar-refractivity contribution in [3.63, 3.8) is 0 Å². The number of rotatable bonds is 4. The van der Waals surface area contributed by atoms with Crippen LogP contribution in [0.2, 0.25) is 0 Å². The van der Waals surface area contributed by atoms with Gasteiger partial charge in [-0.2, -0.15) is 4.99 Å². The standard InChI is InChI=1S/C17H22N2O3S2/c1-3-7-16(20)18-17-19(12(2)13-8-5-4-6-9-13)14-10-24(21,22)11-15(14)23-17/h4-6,8-9,12,14-15H,3,7,10-11H2,1-2H3/t12-,14+,15+/m0/s1. The number of hydrogen-bond acceptors (Lipinski definition) is 4. The minimum absolute atomic E-state index is 0.0184. The molecule has 0 spiro atoms. The molecule has 2 aliphatic heterocycles. The summed E-state index contributed by atoms with van der Waals surface area (Å²) < 4.78 is 24.1. The number of fused-ring (bicyclic) bond motifs is 1. The van der Waals surface area contributed by atoms with Gasteiger partial charge in [0.1, 0.15) is 0 Å². The zero-order valence-electron chi connectivity index (χ0n) is 13.9. The van der Waals surface area contributed by atoms with E-state index in [1.807, 2.05) is 49.1 Å². The maximum absolute atomic E-state index is 12.0. The van der Waals surface area contributed by atoms with Crippen molar-refractivity contribution in [2.45, 2.75) is 44.0 Å². The fraction of sp³-hybridized carbons (Fsp3) is 0.529. The van der Waals surface area contributed by atoms with Gasteiger partial charge in [-0.05, 0) is 18.9 Å². The topological polar surface area (TPSA) is 66.8 Å². The van der Waals surface area contributed by atoms with Crippen molar-refractivity contribution in [1.82, 2.24) is 4.90 Å². The Morgan fingerprint density at radius 2 is 2.04 bits per heavy atom. The first-order chi connectivity index (χ1) is 11.4. The number of nitrogens with zero attached hydrogens (tertiary/aromatic N) is 2. The average Bonchev–Trinajstić information content (AvgIpc) is 2.98. The van der Waals surface area contributed by atoms with E-state index >= 15 is 0 Å². The summed E-state index contributed by atoms with van der Waals surface area (Å²) in [5, 5.41) is 0.643. The van der Waals surface area contributed by atoms with Gasteiger partial charge in [0.2, 0.25) is 5.91 Å². The second-order valence-electron chi connectivity index (χ2n) is 6.33. The Labute approximate surface area is 147 Å². The minimum Gasteiger partial charge on any atom is -0.339 e. The molecular weight excluding hydrogens is 344 g/mol. The molecule has 3 rings (SSSR count). The van der Waals surface area contributed by atoms with Gasteiger partial charge in [0.25, 0.3) is 0 Å². The van der Waals surface area contributed by atoms with Crippen LogP contribution in [0.1, 0.15) is 38.3 Å². The van der Waals surface area contributed by atoms with Gasteiger partial charge >= 0.3 is 0 Å². The number of amides is 1. The Morgan fingerprint density at radius 1 is 1.33 bits per heavy atom. The van der Waals surface area contributed by atoms with Gasteiger partial charge in [-0.3, -0.25) is 4.79 Å². The van der Waals surface area contributed by atoms with E-state index in [9.17, 15) is 13.2 Å². The molecule has 2 heterocycles. The van der Waals surface area contributed by atoms with Gasteiger partial charge in [-0.25, -0.2) is 8.42 Å². The van der Waals surface area contributed by atoms with Gasteiger partial charge in [-0.1, -0.05) is 49.0 Å². The van der Waals surface area contributed by atoms with Crippen molar-refractivity contribution >= 4 is 32.7 Å². The molecule has 1 aromatic carbocycles. The summed E-state index contributed by atoms with van der Waals surface area (Å²) in [7, 11) is -3.02. The third-order valence-electron chi connectivity index (χ3n) is 4.49. The van der Waals surface area contributed by atoms with E-state index < -0.39 is 9.84 Å². The number of amidine groups is 1. The van der Waals surface area contributed by atoms with Crippen LogP contribution in [0, 0.1) is 0 Å². The maximum Gasteiger partial charge on any atom is 0.248 e. The predicted molar refractivity (Wildman–Crippen MR) is 97.9 cm³/mol. The fourth-order valence-electron chi connectivity index (χ4n) is 3.31. The third-order valence-corrected chi connectivity index (χ3v) is 7.71. The monoisotopic (exact) mass is 366 g/mol. The molecule has 0 bridgehead atoms. The lowest BCUT2D eigenvalue weighted by Crippen LogP contribution is -2.39. The number of hydrogen-bond donors (Lipinski definition) is 0. The number of aliphatic imine (C=N–C) groups is 1. The average molecular weight is 367 g/mol. The van der Waals surface area contributed by atoms with Crippen LogP contribution in [0.15, 0.2) is 35.3 Å². The lowest BCUT2D eigenvalue weighted by atomic mass is 10.1. The Balaban J connectivity index is 1.94. The van der Waals surface area contributed by atoms with Gasteiger partial charge < -0.3 is 4.90 Å². The summed E-state index contributed by atoms with van der Waals surface area (Å²) in [6.07, 6.45) is 1.18. The summed E-state index contributed by atoms with van der Waals surface area (Å²) in [5.41, 5.74) is 1.10. The molecule has 130 valence electrons. The number of sulfone groups is 1. The third kappa shape index (κ3) is 3.52. The molecule has 0 radical (unpaired) electrons. The molecule has 24 heavy (non-hydrogen) atoms. The van der Waals surface area contributed by atoms with Crippen molar-refractivity contribution in [1.29, 1.82) is 0 Å². The summed E-state index contributed by atoms with van der Waals surface area (Å²) in [4.78, 5) is 18.3.